The number of carbonyl (C=O) groups is 1. The number of halogens is 1. The maximum atomic E-state index is 12.4. The van der Waals surface area contributed by atoms with E-state index in [1.165, 1.54) is 0 Å². The van der Waals surface area contributed by atoms with Crippen molar-refractivity contribution in [3.8, 4) is 0 Å². The molecule has 1 atom stereocenters. The first-order chi connectivity index (χ1) is 9.56. The topological polar surface area (TPSA) is 29.1 Å². The Hall–Kier alpha value is -0.931. The van der Waals surface area contributed by atoms with Crippen LogP contribution in [-0.4, -0.2) is 25.0 Å². The van der Waals surface area contributed by atoms with E-state index in [9.17, 15) is 4.79 Å². The number of nitrogens with one attached hydrogen (secondary N) is 1. The summed E-state index contributed by atoms with van der Waals surface area (Å²) in [5, 5.41) is 3.45. The van der Waals surface area contributed by atoms with Gasteiger partial charge >= 0.3 is 136 Å². The van der Waals surface area contributed by atoms with Crippen LogP contribution in [0.3, 0.4) is 0 Å². The molecule has 0 aliphatic rings. The Bertz CT molecular complexity index is 604. The number of carbonyl (C=O) groups excluding carboxylic acids is 1. The normalized spacial score (nSPS) is 11.9. The minimum absolute atomic E-state index is 0.122. The molecule has 0 heterocycles. The molecule has 0 saturated heterocycles. The zero-order valence-electron chi connectivity index (χ0n) is 10.8. The van der Waals surface area contributed by atoms with Gasteiger partial charge < -0.3 is 0 Å². The SMILES string of the molecule is CC(S)[Se]c1ccc(Cl)cc1C(=O)Nc1ccccc1. The summed E-state index contributed by atoms with van der Waals surface area (Å²) >= 11 is 10.5. The van der Waals surface area contributed by atoms with Gasteiger partial charge in [-0.25, -0.2) is 0 Å². The molecule has 2 aromatic carbocycles. The Kier molecular flexibility index (Phi) is 5.55. The van der Waals surface area contributed by atoms with Crippen molar-refractivity contribution < 1.29 is 4.79 Å². The van der Waals surface area contributed by atoms with Crippen LogP contribution < -0.4 is 9.78 Å². The molecule has 1 unspecified atom stereocenters. The Morgan fingerprint density at radius 2 is 1.95 bits per heavy atom. The van der Waals surface area contributed by atoms with E-state index in [0.29, 0.717) is 10.6 Å². The minimum atomic E-state index is -0.135. The molecule has 0 saturated carbocycles. The van der Waals surface area contributed by atoms with Crippen LogP contribution in [0, 0.1) is 0 Å². The van der Waals surface area contributed by atoms with Gasteiger partial charge in [0, 0.05) is 0 Å². The van der Waals surface area contributed by atoms with Crippen molar-refractivity contribution in [1.82, 2.24) is 0 Å². The van der Waals surface area contributed by atoms with Crippen molar-refractivity contribution in [3.63, 3.8) is 0 Å². The molecule has 1 N–H and O–H groups in total. The summed E-state index contributed by atoms with van der Waals surface area (Å²) in [5.74, 6) is -0.135. The van der Waals surface area contributed by atoms with Crippen LogP contribution in [0.2, 0.25) is 5.02 Å². The molecule has 2 nitrogen and oxygen atoms in total. The van der Waals surface area contributed by atoms with Crippen LogP contribution in [0.4, 0.5) is 5.69 Å². The van der Waals surface area contributed by atoms with E-state index in [1.54, 1.807) is 6.07 Å². The number of amides is 1. The molecule has 0 aliphatic heterocycles. The summed E-state index contributed by atoms with van der Waals surface area (Å²) in [6.45, 7) is 2.02. The van der Waals surface area contributed by atoms with Gasteiger partial charge in [0.05, 0.1) is 0 Å². The first-order valence-electron chi connectivity index (χ1n) is 6.07. The first kappa shape index (κ1) is 15.5. The second kappa shape index (κ2) is 7.18. The number of anilines is 1. The van der Waals surface area contributed by atoms with Gasteiger partial charge in [0.15, 0.2) is 0 Å². The fourth-order valence-electron chi connectivity index (χ4n) is 1.69. The van der Waals surface area contributed by atoms with Gasteiger partial charge in [0.25, 0.3) is 0 Å². The molecule has 2 aromatic rings. The van der Waals surface area contributed by atoms with E-state index in [1.807, 2.05) is 49.4 Å². The van der Waals surface area contributed by atoms with Crippen molar-refractivity contribution in [2.45, 2.75) is 11.1 Å². The summed E-state index contributed by atoms with van der Waals surface area (Å²) in [5.41, 5.74) is 1.40. The number of para-hydroxylation sites is 1. The zero-order valence-corrected chi connectivity index (χ0v) is 14.2. The van der Waals surface area contributed by atoms with Crippen LogP contribution in [-0.2, 0) is 0 Å². The summed E-state index contributed by atoms with van der Waals surface area (Å²) in [4.78, 5) is 12.4. The molecule has 104 valence electrons. The van der Waals surface area contributed by atoms with E-state index in [-0.39, 0.29) is 25.0 Å². The summed E-state index contributed by atoms with van der Waals surface area (Å²) in [6.07, 6.45) is 0. The van der Waals surface area contributed by atoms with E-state index < -0.39 is 0 Å². The van der Waals surface area contributed by atoms with E-state index in [0.717, 1.165) is 10.1 Å². The molecule has 0 aliphatic carbocycles. The molecular formula is C15H14ClNOSSe. The molecule has 2 rings (SSSR count). The molecule has 0 bridgehead atoms. The summed E-state index contributed by atoms with van der Waals surface area (Å²) < 4.78 is 1.25. The van der Waals surface area contributed by atoms with Crippen LogP contribution in [0.5, 0.6) is 0 Å². The fourth-order valence-corrected chi connectivity index (χ4v) is 4.11. The van der Waals surface area contributed by atoms with Crippen LogP contribution in [0.15, 0.2) is 48.5 Å². The van der Waals surface area contributed by atoms with Gasteiger partial charge in [0.2, 0.25) is 0 Å². The molecule has 0 spiro atoms. The van der Waals surface area contributed by atoms with Crippen LogP contribution in [0.25, 0.3) is 0 Å². The number of hydrogen-bond acceptors (Lipinski definition) is 2. The molecule has 0 fully saturated rings. The Labute approximate surface area is 135 Å². The predicted octanol–water partition coefficient (Wildman–Crippen LogP) is 3.20. The average Bonchev–Trinajstić information content (AvgIpc) is 2.41. The fraction of sp³-hybridized carbons (Fsp3) is 0.133. The van der Waals surface area contributed by atoms with E-state index in [4.69, 9.17) is 11.6 Å². The Balaban J connectivity index is 2.26. The molecule has 20 heavy (non-hydrogen) atoms. The van der Waals surface area contributed by atoms with Gasteiger partial charge in [-0.15, -0.1) is 0 Å². The molecule has 0 aromatic heterocycles. The van der Waals surface area contributed by atoms with E-state index in [2.05, 4.69) is 17.9 Å². The van der Waals surface area contributed by atoms with Crippen LogP contribution in [0.1, 0.15) is 17.3 Å². The number of thiol groups is 1. The van der Waals surface area contributed by atoms with Crippen molar-refractivity contribution in [3.05, 3.63) is 59.1 Å². The van der Waals surface area contributed by atoms with Crippen LogP contribution >= 0.6 is 24.2 Å². The Morgan fingerprint density at radius 3 is 2.60 bits per heavy atom. The van der Waals surface area contributed by atoms with Gasteiger partial charge in [-0.2, -0.15) is 0 Å². The molecule has 0 radical (unpaired) electrons. The van der Waals surface area contributed by atoms with Crippen molar-refractivity contribution in [1.29, 1.82) is 0 Å². The number of hydrogen-bond donors (Lipinski definition) is 2. The van der Waals surface area contributed by atoms with Gasteiger partial charge in [-0.3, -0.25) is 0 Å². The second-order valence-corrected chi connectivity index (χ2v) is 9.07. The van der Waals surface area contributed by atoms with Gasteiger partial charge in [0.1, 0.15) is 0 Å². The molecular weight excluding hydrogens is 357 g/mol. The zero-order chi connectivity index (χ0) is 14.5. The van der Waals surface area contributed by atoms with Crippen molar-refractivity contribution in [2.24, 2.45) is 0 Å². The van der Waals surface area contributed by atoms with Crippen molar-refractivity contribution >= 4 is 55.2 Å². The van der Waals surface area contributed by atoms with E-state index >= 15 is 0 Å². The first-order valence-corrected chi connectivity index (χ1v) is 8.81. The number of benzene rings is 2. The summed E-state index contributed by atoms with van der Waals surface area (Å²) in [7, 11) is 0. The van der Waals surface area contributed by atoms with Crippen molar-refractivity contribution in [2.75, 3.05) is 5.32 Å². The quantitative estimate of drug-likeness (QED) is 0.628. The maximum absolute atomic E-state index is 12.4. The Morgan fingerprint density at radius 1 is 1.25 bits per heavy atom. The third kappa shape index (κ3) is 4.29. The van der Waals surface area contributed by atoms with Gasteiger partial charge in [-0.1, -0.05) is 0 Å². The third-order valence-corrected chi connectivity index (χ3v) is 5.29. The monoisotopic (exact) mass is 371 g/mol. The third-order valence-electron chi connectivity index (χ3n) is 2.52. The summed E-state index contributed by atoms with van der Waals surface area (Å²) in [6, 6.07) is 14.8. The second-order valence-electron chi connectivity index (χ2n) is 4.18. The molecule has 1 amide bonds. The molecule has 5 heteroatoms. The average molecular weight is 371 g/mol. The predicted molar refractivity (Wildman–Crippen MR) is 89.7 cm³/mol. The van der Waals surface area contributed by atoms with Gasteiger partial charge in [-0.05, 0) is 0 Å². The number of rotatable bonds is 4. The standard InChI is InChI=1S/C15H14ClNOSSe/c1-10(19)20-14-8-7-11(16)9-13(14)15(18)17-12-5-3-2-4-6-12/h2-10,19H,1H3,(H,17,18).